The zero-order valence-electron chi connectivity index (χ0n) is 15.2. The first-order chi connectivity index (χ1) is 13.3. The highest BCUT2D eigenvalue weighted by molar-refractivity contribution is 5.87. The third-order valence-electron chi connectivity index (χ3n) is 4.39. The van der Waals surface area contributed by atoms with Crippen molar-refractivity contribution in [3.05, 3.63) is 75.7 Å². The number of hydrogen-bond donors (Lipinski definition) is 4. The second kappa shape index (κ2) is 7.62. The zero-order valence-corrected chi connectivity index (χ0v) is 15.2. The molecule has 6 heteroatoms. The molecule has 0 aliphatic rings. The molecule has 0 aliphatic carbocycles. The van der Waals surface area contributed by atoms with E-state index in [0.29, 0.717) is 5.57 Å². The first-order valence-corrected chi connectivity index (χ1v) is 8.58. The van der Waals surface area contributed by atoms with Gasteiger partial charge in [-0.25, -0.2) is 0 Å². The third kappa shape index (κ3) is 3.92. The molecule has 0 bridgehead atoms. The molecule has 1 atom stereocenters. The number of benzene rings is 2. The van der Waals surface area contributed by atoms with Crippen molar-refractivity contribution in [3.63, 3.8) is 0 Å². The molecule has 0 aliphatic heterocycles. The van der Waals surface area contributed by atoms with Gasteiger partial charge < -0.3 is 24.8 Å². The van der Waals surface area contributed by atoms with E-state index in [-0.39, 0.29) is 40.2 Å². The zero-order chi connectivity index (χ0) is 20.4. The molecule has 144 valence electrons. The summed E-state index contributed by atoms with van der Waals surface area (Å²) in [5.41, 5.74) is 0.871. The lowest BCUT2D eigenvalue weighted by Crippen LogP contribution is -2.12. The Morgan fingerprint density at radius 3 is 2.46 bits per heavy atom. The number of phenols is 3. The fourth-order valence-corrected chi connectivity index (χ4v) is 2.76. The monoisotopic (exact) mass is 380 g/mol. The second-order valence-electron chi connectivity index (χ2n) is 6.60. The van der Waals surface area contributed by atoms with E-state index in [1.54, 1.807) is 31.2 Å². The summed E-state index contributed by atoms with van der Waals surface area (Å²) in [4.78, 5) is 12.5. The second-order valence-corrected chi connectivity index (χ2v) is 6.60. The molecule has 0 spiro atoms. The van der Waals surface area contributed by atoms with Gasteiger partial charge in [-0.1, -0.05) is 30.4 Å². The van der Waals surface area contributed by atoms with Crippen molar-refractivity contribution in [2.45, 2.75) is 19.4 Å². The highest BCUT2D eigenvalue weighted by Gasteiger charge is 2.19. The standard InChI is InChI=1S/C22H20O6/c1-12(2)17(24)10-16-18(25)11-20-21(22(16)27)19(26)9-15(28-20)8-5-13-3-6-14(23)7-4-13/h3-9,11,17,23-25,27H,1,10H2,2H3/b8-5+. The van der Waals surface area contributed by atoms with E-state index in [9.17, 15) is 25.2 Å². The molecule has 0 amide bonds. The topological polar surface area (TPSA) is 111 Å². The summed E-state index contributed by atoms with van der Waals surface area (Å²) in [7, 11) is 0. The Hall–Kier alpha value is -3.51. The molecule has 0 saturated carbocycles. The van der Waals surface area contributed by atoms with Crippen LogP contribution in [-0.4, -0.2) is 26.5 Å². The van der Waals surface area contributed by atoms with Crippen molar-refractivity contribution in [3.8, 4) is 17.2 Å². The van der Waals surface area contributed by atoms with Gasteiger partial charge in [-0.3, -0.25) is 4.79 Å². The van der Waals surface area contributed by atoms with Crippen LogP contribution in [0.25, 0.3) is 23.1 Å². The summed E-state index contributed by atoms with van der Waals surface area (Å²) >= 11 is 0. The van der Waals surface area contributed by atoms with E-state index in [4.69, 9.17) is 4.42 Å². The smallest absolute Gasteiger partial charge is 0.197 e. The van der Waals surface area contributed by atoms with E-state index in [2.05, 4.69) is 6.58 Å². The van der Waals surface area contributed by atoms with Crippen LogP contribution < -0.4 is 5.43 Å². The quantitative estimate of drug-likeness (QED) is 0.504. The molecule has 3 rings (SSSR count). The Morgan fingerprint density at radius 2 is 1.82 bits per heavy atom. The van der Waals surface area contributed by atoms with Crippen molar-refractivity contribution in [1.29, 1.82) is 0 Å². The van der Waals surface area contributed by atoms with Crippen LogP contribution in [-0.2, 0) is 6.42 Å². The van der Waals surface area contributed by atoms with Crippen LogP contribution in [0.3, 0.4) is 0 Å². The fraction of sp³-hybridized carbons (Fsp3) is 0.136. The summed E-state index contributed by atoms with van der Waals surface area (Å²) in [5, 5.41) is 39.9. The van der Waals surface area contributed by atoms with E-state index in [1.807, 2.05) is 0 Å². The Balaban J connectivity index is 2.03. The van der Waals surface area contributed by atoms with E-state index in [0.717, 1.165) is 5.56 Å². The minimum absolute atomic E-state index is 0.0291. The van der Waals surface area contributed by atoms with Crippen molar-refractivity contribution < 1.29 is 24.8 Å². The predicted molar refractivity (Wildman–Crippen MR) is 107 cm³/mol. The molecule has 2 aromatic carbocycles. The molecule has 6 nitrogen and oxygen atoms in total. The summed E-state index contributed by atoms with van der Waals surface area (Å²) in [6, 6.07) is 8.94. The van der Waals surface area contributed by atoms with Crippen molar-refractivity contribution >= 4 is 23.1 Å². The normalized spacial score (nSPS) is 12.5. The first kappa shape index (κ1) is 19.3. The summed E-state index contributed by atoms with van der Waals surface area (Å²) in [5.74, 6) is -0.321. The summed E-state index contributed by atoms with van der Waals surface area (Å²) in [6.07, 6.45) is 2.22. The molecular weight excluding hydrogens is 360 g/mol. The van der Waals surface area contributed by atoms with Gasteiger partial charge in [0.2, 0.25) is 0 Å². The van der Waals surface area contributed by atoms with Crippen molar-refractivity contribution in [2.24, 2.45) is 0 Å². The Labute approximate surface area is 160 Å². The number of aliphatic hydroxyl groups excluding tert-OH is 1. The van der Waals surface area contributed by atoms with Crippen LogP contribution in [0.2, 0.25) is 0 Å². The molecule has 1 unspecified atom stereocenters. The van der Waals surface area contributed by atoms with Gasteiger partial charge in [0.1, 0.15) is 34.0 Å². The van der Waals surface area contributed by atoms with Crippen molar-refractivity contribution in [2.75, 3.05) is 0 Å². The van der Waals surface area contributed by atoms with Crippen LogP contribution in [0.4, 0.5) is 0 Å². The number of aliphatic hydroxyl groups is 1. The van der Waals surface area contributed by atoms with Crippen LogP contribution in [0.15, 0.2) is 57.8 Å². The van der Waals surface area contributed by atoms with E-state index in [1.165, 1.54) is 24.3 Å². The lowest BCUT2D eigenvalue weighted by molar-refractivity contribution is 0.209. The molecule has 28 heavy (non-hydrogen) atoms. The summed E-state index contributed by atoms with van der Waals surface area (Å²) in [6.45, 7) is 5.26. The van der Waals surface area contributed by atoms with E-state index < -0.39 is 17.3 Å². The number of fused-ring (bicyclic) bond motifs is 1. The maximum Gasteiger partial charge on any atom is 0.197 e. The molecular formula is C22H20O6. The molecule has 3 aromatic rings. The lowest BCUT2D eigenvalue weighted by Gasteiger charge is -2.14. The van der Waals surface area contributed by atoms with Crippen LogP contribution in [0.5, 0.6) is 17.2 Å². The average Bonchev–Trinajstić information content (AvgIpc) is 2.63. The maximum absolute atomic E-state index is 12.5. The number of phenolic OH excluding ortho intramolecular Hbond substituents is 3. The number of aromatic hydroxyl groups is 3. The van der Waals surface area contributed by atoms with Gasteiger partial charge in [-0.05, 0) is 30.7 Å². The third-order valence-corrected chi connectivity index (χ3v) is 4.39. The van der Waals surface area contributed by atoms with Gasteiger partial charge >= 0.3 is 0 Å². The first-order valence-electron chi connectivity index (χ1n) is 8.58. The molecule has 4 N–H and O–H groups in total. The van der Waals surface area contributed by atoms with Gasteiger partial charge in [0, 0.05) is 24.1 Å². The fourth-order valence-electron chi connectivity index (χ4n) is 2.76. The largest absolute Gasteiger partial charge is 0.508 e. The minimum Gasteiger partial charge on any atom is -0.508 e. The molecule has 0 fully saturated rings. The SMILES string of the molecule is C=C(C)C(O)Cc1c(O)cc2oc(/C=C/c3ccc(O)cc3)cc(=O)c2c1O. The van der Waals surface area contributed by atoms with Crippen molar-refractivity contribution in [1.82, 2.24) is 0 Å². The van der Waals surface area contributed by atoms with Gasteiger partial charge in [0.25, 0.3) is 0 Å². The maximum atomic E-state index is 12.5. The van der Waals surface area contributed by atoms with Gasteiger partial charge in [-0.2, -0.15) is 0 Å². The predicted octanol–water partition coefficient (Wildman–Crippen LogP) is 3.56. The molecule has 1 heterocycles. The molecule has 1 aromatic heterocycles. The van der Waals surface area contributed by atoms with Gasteiger partial charge in [0.15, 0.2) is 5.43 Å². The number of rotatable bonds is 5. The highest BCUT2D eigenvalue weighted by Crippen LogP contribution is 2.35. The van der Waals surface area contributed by atoms with Crippen LogP contribution in [0, 0.1) is 0 Å². The molecule has 0 radical (unpaired) electrons. The highest BCUT2D eigenvalue weighted by atomic mass is 16.3. The summed E-state index contributed by atoms with van der Waals surface area (Å²) < 4.78 is 5.62. The average molecular weight is 380 g/mol. The Bertz CT molecular complexity index is 1120. The van der Waals surface area contributed by atoms with Gasteiger partial charge in [-0.15, -0.1) is 0 Å². The van der Waals surface area contributed by atoms with E-state index >= 15 is 0 Å². The number of hydrogen-bond acceptors (Lipinski definition) is 6. The minimum atomic E-state index is -0.964. The van der Waals surface area contributed by atoms with Crippen LogP contribution in [0.1, 0.15) is 23.8 Å². The Kier molecular flexibility index (Phi) is 5.24. The lowest BCUT2D eigenvalue weighted by atomic mass is 9.99. The van der Waals surface area contributed by atoms with Gasteiger partial charge in [0.05, 0.1) is 6.10 Å². The Morgan fingerprint density at radius 1 is 1.14 bits per heavy atom. The molecule has 0 saturated heterocycles. The van der Waals surface area contributed by atoms with Crippen LogP contribution >= 0.6 is 0 Å².